The Morgan fingerprint density at radius 3 is 2.71 bits per heavy atom. The van der Waals surface area contributed by atoms with Crippen molar-refractivity contribution in [2.75, 3.05) is 0 Å². The highest BCUT2D eigenvalue weighted by Gasteiger charge is 2.33. The first-order chi connectivity index (χ1) is 13.2. The van der Waals surface area contributed by atoms with E-state index >= 15 is 0 Å². The number of aromatic amines is 1. The maximum Gasteiger partial charge on any atom is 0.416 e. The quantitative estimate of drug-likeness (QED) is 0.527. The number of hydrazine groups is 1. The van der Waals surface area contributed by atoms with Crippen molar-refractivity contribution < 1.29 is 13.2 Å². The van der Waals surface area contributed by atoms with Gasteiger partial charge in [0, 0.05) is 11.4 Å². The summed E-state index contributed by atoms with van der Waals surface area (Å²) >= 11 is 6.06. The van der Waals surface area contributed by atoms with Gasteiger partial charge in [-0.15, -0.1) is 0 Å². The molecule has 1 aromatic carbocycles. The minimum Gasteiger partial charge on any atom is -0.401 e. The molecule has 0 spiro atoms. The van der Waals surface area contributed by atoms with E-state index in [0.29, 0.717) is 36.2 Å². The van der Waals surface area contributed by atoms with E-state index in [2.05, 4.69) is 10.2 Å². The first-order valence-electron chi connectivity index (χ1n) is 8.56. The van der Waals surface area contributed by atoms with Crippen molar-refractivity contribution in [1.82, 2.24) is 15.2 Å². The van der Waals surface area contributed by atoms with Crippen molar-refractivity contribution >= 4 is 11.6 Å². The average molecular weight is 414 g/mol. The highest BCUT2D eigenvalue weighted by Crippen LogP contribution is 2.38. The molecule has 1 unspecified atom stereocenters. The lowest BCUT2D eigenvalue weighted by Gasteiger charge is -2.31. The standard InChI is InChI=1S/C18H19ClF3N5O/c19-16-12(8-25-26-17(16)28)10-5-6-15(14(23)7-10)27(24)9-11-3-1-2-4-13(11)18(20,21)22/h1-4,8,10H,5-7,9,23-24H2,(H,26,28). The summed E-state index contributed by atoms with van der Waals surface area (Å²) in [5.74, 6) is 5.95. The number of hydrogen-bond donors (Lipinski definition) is 3. The zero-order chi connectivity index (χ0) is 20.5. The number of H-pyrrole nitrogens is 1. The molecule has 2 aromatic rings. The van der Waals surface area contributed by atoms with Gasteiger partial charge in [0.15, 0.2) is 0 Å². The number of nitrogens with zero attached hydrogens (tertiary/aromatic N) is 2. The van der Waals surface area contributed by atoms with Crippen molar-refractivity contribution in [3.8, 4) is 0 Å². The average Bonchev–Trinajstić information content (AvgIpc) is 2.63. The predicted molar refractivity (Wildman–Crippen MR) is 98.8 cm³/mol. The Labute approximate surface area is 163 Å². The van der Waals surface area contributed by atoms with Crippen molar-refractivity contribution in [2.24, 2.45) is 11.6 Å². The number of nitrogens with two attached hydrogens (primary N) is 2. The maximum absolute atomic E-state index is 13.2. The summed E-state index contributed by atoms with van der Waals surface area (Å²) in [5.41, 5.74) is 6.67. The Kier molecular flexibility index (Phi) is 5.66. The lowest BCUT2D eigenvalue weighted by molar-refractivity contribution is -0.138. The van der Waals surface area contributed by atoms with E-state index in [1.165, 1.54) is 29.4 Å². The van der Waals surface area contributed by atoms with Gasteiger partial charge in [0.2, 0.25) is 0 Å². The lowest BCUT2D eigenvalue weighted by atomic mass is 9.85. The summed E-state index contributed by atoms with van der Waals surface area (Å²) in [5, 5.41) is 7.36. The first kappa shape index (κ1) is 20.2. The van der Waals surface area contributed by atoms with Crippen LogP contribution < -0.4 is 17.1 Å². The number of hydrogen-bond acceptors (Lipinski definition) is 5. The van der Waals surface area contributed by atoms with Crippen LogP contribution in [0, 0.1) is 0 Å². The first-order valence-corrected chi connectivity index (χ1v) is 8.94. The van der Waals surface area contributed by atoms with Gasteiger partial charge in [-0.1, -0.05) is 29.8 Å². The number of nitrogens with one attached hydrogen (secondary N) is 1. The second kappa shape index (κ2) is 7.84. The van der Waals surface area contributed by atoms with Crippen LogP contribution in [0.1, 0.15) is 41.9 Å². The molecule has 6 nitrogen and oxygen atoms in total. The van der Waals surface area contributed by atoms with Crippen LogP contribution >= 0.6 is 11.6 Å². The van der Waals surface area contributed by atoms with Crippen molar-refractivity contribution in [1.29, 1.82) is 0 Å². The minimum atomic E-state index is -4.46. The largest absolute Gasteiger partial charge is 0.416 e. The fourth-order valence-corrected chi connectivity index (χ4v) is 3.69. The molecule has 1 aliphatic rings. The molecule has 0 saturated heterocycles. The van der Waals surface area contributed by atoms with Gasteiger partial charge < -0.3 is 10.7 Å². The number of benzene rings is 1. The minimum absolute atomic E-state index is 0.0694. The fraction of sp³-hybridized carbons (Fsp3) is 0.333. The molecule has 10 heteroatoms. The Morgan fingerprint density at radius 2 is 2.04 bits per heavy atom. The zero-order valence-electron chi connectivity index (χ0n) is 14.8. The molecule has 0 radical (unpaired) electrons. The van der Waals surface area contributed by atoms with Gasteiger partial charge in [0.25, 0.3) is 5.56 Å². The van der Waals surface area contributed by atoms with E-state index in [9.17, 15) is 18.0 Å². The van der Waals surface area contributed by atoms with Crippen LogP contribution in [0.3, 0.4) is 0 Å². The molecule has 0 amide bonds. The van der Waals surface area contributed by atoms with E-state index in [4.69, 9.17) is 23.2 Å². The van der Waals surface area contributed by atoms with Crippen LogP contribution in [-0.4, -0.2) is 15.2 Å². The van der Waals surface area contributed by atoms with Crippen LogP contribution in [0.4, 0.5) is 13.2 Å². The summed E-state index contributed by atoms with van der Waals surface area (Å²) < 4.78 is 39.6. The Bertz CT molecular complexity index is 957. The monoisotopic (exact) mass is 413 g/mol. The van der Waals surface area contributed by atoms with Crippen LogP contribution in [0.2, 0.25) is 5.02 Å². The molecule has 3 rings (SSSR count). The van der Waals surface area contributed by atoms with Gasteiger partial charge in [-0.25, -0.2) is 10.9 Å². The number of aromatic nitrogens is 2. The van der Waals surface area contributed by atoms with E-state index in [1.54, 1.807) is 0 Å². The molecule has 1 aromatic heterocycles. The second-order valence-corrected chi connectivity index (χ2v) is 7.04. The smallest absolute Gasteiger partial charge is 0.401 e. The fourth-order valence-electron chi connectivity index (χ4n) is 3.45. The summed E-state index contributed by atoms with van der Waals surface area (Å²) in [6.07, 6.45) is -1.54. The molecule has 0 bridgehead atoms. The molecular formula is C18H19ClF3N5O. The van der Waals surface area contributed by atoms with Crippen LogP contribution in [0.25, 0.3) is 0 Å². The molecule has 150 valence electrons. The van der Waals surface area contributed by atoms with Gasteiger partial charge in [-0.2, -0.15) is 18.3 Å². The summed E-state index contributed by atoms with van der Waals surface area (Å²) in [6, 6.07) is 5.30. The van der Waals surface area contributed by atoms with Gasteiger partial charge in [-0.05, 0) is 42.4 Å². The number of rotatable bonds is 4. The van der Waals surface area contributed by atoms with E-state index < -0.39 is 17.3 Å². The third-order valence-electron chi connectivity index (χ3n) is 4.84. The normalized spacial score (nSPS) is 17.7. The molecular weight excluding hydrogens is 395 g/mol. The van der Waals surface area contributed by atoms with Gasteiger partial charge in [0.1, 0.15) is 5.02 Å². The molecule has 1 atom stereocenters. The lowest BCUT2D eigenvalue weighted by Crippen LogP contribution is -2.34. The van der Waals surface area contributed by atoms with Crippen molar-refractivity contribution in [2.45, 2.75) is 37.9 Å². The Hall–Kier alpha value is -2.52. The summed E-state index contributed by atoms with van der Waals surface area (Å²) in [4.78, 5) is 11.6. The van der Waals surface area contributed by atoms with E-state index in [0.717, 1.165) is 6.07 Å². The van der Waals surface area contributed by atoms with E-state index in [-0.39, 0.29) is 23.0 Å². The van der Waals surface area contributed by atoms with Gasteiger partial charge in [-0.3, -0.25) is 4.79 Å². The Balaban J connectivity index is 1.80. The summed E-state index contributed by atoms with van der Waals surface area (Å²) in [7, 11) is 0. The highest BCUT2D eigenvalue weighted by atomic mass is 35.5. The van der Waals surface area contributed by atoms with Crippen molar-refractivity contribution in [3.63, 3.8) is 0 Å². The van der Waals surface area contributed by atoms with Gasteiger partial charge >= 0.3 is 6.18 Å². The van der Waals surface area contributed by atoms with Crippen LogP contribution in [0.5, 0.6) is 0 Å². The molecule has 0 fully saturated rings. The molecule has 5 N–H and O–H groups in total. The van der Waals surface area contributed by atoms with Gasteiger partial charge in [0.05, 0.1) is 18.3 Å². The number of halogens is 4. The third kappa shape index (κ3) is 4.15. The Morgan fingerprint density at radius 1 is 1.32 bits per heavy atom. The molecule has 28 heavy (non-hydrogen) atoms. The molecule has 1 heterocycles. The van der Waals surface area contributed by atoms with E-state index in [1.807, 2.05) is 0 Å². The zero-order valence-corrected chi connectivity index (χ0v) is 15.5. The maximum atomic E-state index is 13.2. The number of allylic oxidation sites excluding steroid dienone is 2. The molecule has 0 aliphatic heterocycles. The molecule has 0 saturated carbocycles. The van der Waals surface area contributed by atoms with Crippen LogP contribution in [0.15, 0.2) is 46.7 Å². The topological polar surface area (TPSA) is 101 Å². The van der Waals surface area contributed by atoms with Crippen LogP contribution in [-0.2, 0) is 12.7 Å². The number of alkyl halides is 3. The SMILES string of the molecule is NC1=C(N(N)Cc2ccccc2C(F)(F)F)CCC(c2cn[nH]c(=O)c2Cl)C1. The molecule has 1 aliphatic carbocycles. The van der Waals surface area contributed by atoms with Crippen molar-refractivity contribution in [3.05, 3.63) is 73.9 Å². The summed E-state index contributed by atoms with van der Waals surface area (Å²) in [6.45, 7) is -0.121. The highest BCUT2D eigenvalue weighted by molar-refractivity contribution is 6.31. The predicted octanol–water partition coefficient (Wildman–Crippen LogP) is 3.26. The second-order valence-electron chi connectivity index (χ2n) is 6.66. The third-order valence-corrected chi connectivity index (χ3v) is 5.23.